The molecule has 0 heterocycles. The first-order valence-electron chi connectivity index (χ1n) is 8.81. The molecule has 1 N–H and O–H groups in total. The van der Waals surface area contributed by atoms with Crippen LogP contribution in [0.5, 0.6) is 0 Å². The molecule has 0 aromatic heterocycles. The van der Waals surface area contributed by atoms with Crippen molar-refractivity contribution in [1.82, 2.24) is 5.32 Å². The Balaban J connectivity index is 1.77. The number of nitrogens with one attached hydrogen (secondary N) is 1. The van der Waals surface area contributed by atoms with E-state index in [0.717, 1.165) is 22.9 Å². The molecule has 29 heavy (non-hydrogen) atoms. The number of halogens is 3. The van der Waals surface area contributed by atoms with Gasteiger partial charge < -0.3 is 10.1 Å². The predicted octanol–water partition coefficient (Wildman–Crippen LogP) is 4.37. The second-order valence-electron chi connectivity index (χ2n) is 6.51. The smallest absolute Gasteiger partial charge is 0.416 e. The van der Waals surface area contributed by atoms with Crippen LogP contribution in [0.4, 0.5) is 13.2 Å². The number of benzene rings is 3. The van der Waals surface area contributed by atoms with Gasteiger partial charge in [-0.1, -0.05) is 42.5 Å². The number of esters is 1. The van der Waals surface area contributed by atoms with E-state index in [2.05, 4.69) is 5.32 Å². The molecule has 0 spiro atoms. The van der Waals surface area contributed by atoms with Crippen molar-refractivity contribution in [1.29, 1.82) is 0 Å². The molecule has 3 aromatic rings. The van der Waals surface area contributed by atoms with E-state index in [1.54, 1.807) is 18.2 Å². The molecule has 7 heteroatoms. The van der Waals surface area contributed by atoms with Gasteiger partial charge in [-0.25, -0.2) is 4.79 Å². The van der Waals surface area contributed by atoms with Gasteiger partial charge in [0.05, 0.1) is 12.7 Å². The van der Waals surface area contributed by atoms with Crippen LogP contribution in [0.3, 0.4) is 0 Å². The first-order valence-corrected chi connectivity index (χ1v) is 8.81. The lowest BCUT2D eigenvalue weighted by molar-refractivity contribution is -0.143. The Morgan fingerprint density at radius 3 is 2.24 bits per heavy atom. The van der Waals surface area contributed by atoms with Gasteiger partial charge in [0.15, 0.2) is 0 Å². The largest absolute Gasteiger partial charge is 0.467 e. The fraction of sp³-hybridized carbons (Fsp3) is 0.182. The number of ether oxygens (including phenoxy) is 1. The second kappa shape index (κ2) is 8.34. The maximum absolute atomic E-state index is 12.7. The molecule has 0 radical (unpaired) electrons. The van der Waals surface area contributed by atoms with E-state index in [9.17, 15) is 22.8 Å². The van der Waals surface area contributed by atoms with Crippen LogP contribution in [-0.2, 0) is 22.1 Å². The summed E-state index contributed by atoms with van der Waals surface area (Å²) in [6.07, 6.45) is -4.44. The van der Waals surface area contributed by atoms with Gasteiger partial charge in [-0.2, -0.15) is 13.2 Å². The SMILES string of the molecule is COC(=O)[C@@H](Cc1ccc(C(F)(F)F)cc1)NC(=O)c1ccc2ccccc2c1. The molecular formula is C22H18F3NO3. The van der Waals surface area contributed by atoms with Crippen LogP contribution >= 0.6 is 0 Å². The summed E-state index contributed by atoms with van der Waals surface area (Å²) in [5.74, 6) is -1.16. The summed E-state index contributed by atoms with van der Waals surface area (Å²) in [6.45, 7) is 0. The number of amides is 1. The van der Waals surface area contributed by atoms with Gasteiger partial charge in [0.1, 0.15) is 6.04 Å². The van der Waals surface area contributed by atoms with Crippen LogP contribution < -0.4 is 5.32 Å². The molecule has 0 bridgehead atoms. The van der Waals surface area contributed by atoms with Gasteiger partial charge in [-0.15, -0.1) is 0 Å². The first-order chi connectivity index (χ1) is 13.8. The Hall–Kier alpha value is -3.35. The summed E-state index contributed by atoms with van der Waals surface area (Å²) in [7, 11) is 1.18. The number of carbonyl (C=O) groups is 2. The molecule has 3 aromatic carbocycles. The number of fused-ring (bicyclic) bond motifs is 1. The summed E-state index contributed by atoms with van der Waals surface area (Å²) in [6, 6.07) is 16.1. The maximum Gasteiger partial charge on any atom is 0.416 e. The van der Waals surface area contributed by atoms with Gasteiger partial charge >= 0.3 is 12.1 Å². The average Bonchev–Trinajstić information content (AvgIpc) is 2.72. The summed E-state index contributed by atoms with van der Waals surface area (Å²) in [4.78, 5) is 24.7. The highest BCUT2D eigenvalue weighted by Gasteiger charge is 2.30. The maximum atomic E-state index is 12.7. The molecule has 0 fully saturated rings. The summed E-state index contributed by atoms with van der Waals surface area (Å²) >= 11 is 0. The fourth-order valence-electron chi connectivity index (χ4n) is 2.97. The first kappa shape index (κ1) is 20.4. The van der Waals surface area contributed by atoms with Crippen molar-refractivity contribution in [3.63, 3.8) is 0 Å². The van der Waals surface area contributed by atoms with Crippen LogP contribution in [-0.4, -0.2) is 25.0 Å². The quantitative estimate of drug-likeness (QED) is 0.646. The minimum atomic E-state index is -4.44. The Kier molecular flexibility index (Phi) is 5.87. The Labute approximate surface area is 165 Å². The van der Waals surface area contributed by atoms with Crippen LogP contribution in [0.15, 0.2) is 66.7 Å². The van der Waals surface area contributed by atoms with Crippen molar-refractivity contribution < 1.29 is 27.5 Å². The van der Waals surface area contributed by atoms with Gasteiger partial charge in [0.2, 0.25) is 0 Å². The number of hydrogen-bond acceptors (Lipinski definition) is 3. The molecule has 4 nitrogen and oxygen atoms in total. The Morgan fingerprint density at radius 2 is 1.62 bits per heavy atom. The summed E-state index contributed by atoms with van der Waals surface area (Å²) < 4.78 is 42.8. The molecule has 0 saturated carbocycles. The van der Waals surface area contributed by atoms with Crippen LogP contribution in [0, 0.1) is 0 Å². The highest BCUT2D eigenvalue weighted by molar-refractivity contribution is 6.00. The number of alkyl halides is 3. The lowest BCUT2D eigenvalue weighted by Gasteiger charge is -2.17. The molecule has 3 rings (SSSR count). The van der Waals surface area contributed by atoms with E-state index in [0.29, 0.717) is 11.1 Å². The number of hydrogen-bond donors (Lipinski definition) is 1. The van der Waals surface area contributed by atoms with Crippen molar-refractivity contribution in [2.45, 2.75) is 18.6 Å². The highest BCUT2D eigenvalue weighted by atomic mass is 19.4. The monoisotopic (exact) mass is 401 g/mol. The van der Waals surface area contributed by atoms with E-state index in [1.807, 2.05) is 24.3 Å². The zero-order valence-corrected chi connectivity index (χ0v) is 15.5. The molecule has 0 aliphatic carbocycles. The van der Waals surface area contributed by atoms with Crippen molar-refractivity contribution in [2.75, 3.05) is 7.11 Å². The molecular weight excluding hydrogens is 383 g/mol. The van der Waals surface area contributed by atoms with Crippen molar-refractivity contribution >= 4 is 22.6 Å². The molecule has 0 aliphatic heterocycles. The van der Waals surface area contributed by atoms with E-state index in [4.69, 9.17) is 4.74 Å². The lowest BCUT2D eigenvalue weighted by atomic mass is 10.0. The minimum absolute atomic E-state index is 0.00410. The van der Waals surface area contributed by atoms with Crippen molar-refractivity contribution in [3.05, 3.63) is 83.4 Å². The Morgan fingerprint density at radius 1 is 0.966 bits per heavy atom. The lowest BCUT2D eigenvalue weighted by Crippen LogP contribution is -2.43. The van der Waals surface area contributed by atoms with Crippen molar-refractivity contribution in [2.24, 2.45) is 0 Å². The zero-order chi connectivity index (χ0) is 21.0. The van der Waals surface area contributed by atoms with Crippen molar-refractivity contribution in [3.8, 4) is 0 Å². The average molecular weight is 401 g/mol. The third-order valence-electron chi connectivity index (χ3n) is 4.52. The molecule has 150 valence electrons. The van der Waals surface area contributed by atoms with E-state index >= 15 is 0 Å². The fourth-order valence-corrected chi connectivity index (χ4v) is 2.97. The van der Waals surface area contributed by atoms with Gasteiger partial charge in [-0.3, -0.25) is 4.79 Å². The van der Waals surface area contributed by atoms with Gasteiger partial charge in [-0.05, 0) is 40.6 Å². The molecule has 0 unspecified atom stereocenters. The zero-order valence-electron chi connectivity index (χ0n) is 15.5. The van der Waals surface area contributed by atoms with E-state index in [1.165, 1.54) is 19.2 Å². The third-order valence-corrected chi connectivity index (χ3v) is 4.52. The number of carbonyl (C=O) groups excluding carboxylic acids is 2. The predicted molar refractivity (Wildman–Crippen MR) is 102 cm³/mol. The third kappa shape index (κ3) is 4.93. The topological polar surface area (TPSA) is 55.4 Å². The number of methoxy groups -OCH3 is 1. The standard InChI is InChI=1S/C22H18F3NO3/c1-29-21(28)19(12-14-6-10-18(11-7-14)22(23,24)25)26-20(27)17-9-8-15-4-2-3-5-16(15)13-17/h2-11,13,19H,12H2,1H3,(H,26,27)/t19-/m1/s1. The van der Waals surface area contributed by atoms with Gasteiger partial charge in [0, 0.05) is 12.0 Å². The van der Waals surface area contributed by atoms with E-state index < -0.39 is 29.7 Å². The summed E-state index contributed by atoms with van der Waals surface area (Å²) in [5, 5.41) is 4.45. The second-order valence-corrected chi connectivity index (χ2v) is 6.51. The van der Waals surface area contributed by atoms with E-state index in [-0.39, 0.29) is 6.42 Å². The highest BCUT2D eigenvalue weighted by Crippen LogP contribution is 2.29. The van der Waals surface area contributed by atoms with Crippen LogP contribution in [0.25, 0.3) is 10.8 Å². The Bertz CT molecular complexity index is 1030. The minimum Gasteiger partial charge on any atom is -0.467 e. The van der Waals surface area contributed by atoms with Gasteiger partial charge in [0.25, 0.3) is 5.91 Å². The molecule has 1 atom stereocenters. The summed E-state index contributed by atoms with van der Waals surface area (Å²) in [5.41, 5.74) is 0.0494. The molecule has 0 aliphatic rings. The van der Waals surface area contributed by atoms with Crippen LogP contribution in [0.2, 0.25) is 0 Å². The molecule has 1 amide bonds. The van der Waals surface area contributed by atoms with Crippen LogP contribution in [0.1, 0.15) is 21.5 Å². The number of rotatable bonds is 5. The molecule has 0 saturated heterocycles. The normalized spacial score (nSPS) is 12.4.